The van der Waals surface area contributed by atoms with Crippen LogP contribution in [0, 0.1) is 5.82 Å². The Bertz CT molecular complexity index is 763. The Kier molecular flexibility index (Phi) is 4.88. The van der Waals surface area contributed by atoms with Gasteiger partial charge in [0.15, 0.2) is 0 Å². The summed E-state index contributed by atoms with van der Waals surface area (Å²) in [7, 11) is -4.08. The third-order valence-corrected chi connectivity index (χ3v) is 5.16. The van der Waals surface area contributed by atoms with Crippen molar-refractivity contribution in [3.05, 3.63) is 57.3 Å². The van der Waals surface area contributed by atoms with E-state index in [9.17, 15) is 12.8 Å². The van der Waals surface area contributed by atoms with Crippen molar-refractivity contribution in [2.45, 2.75) is 11.5 Å². The number of benzene rings is 2. The summed E-state index contributed by atoms with van der Waals surface area (Å²) in [5, 5.41) is 9.05. The van der Waals surface area contributed by atoms with Gasteiger partial charge in [0.1, 0.15) is 10.7 Å². The van der Waals surface area contributed by atoms with Gasteiger partial charge < -0.3 is 5.11 Å². The van der Waals surface area contributed by atoms with Crippen LogP contribution in [0.25, 0.3) is 0 Å². The molecule has 21 heavy (non-hydrogen) atoms. The Balaban J connectivity index is 2.48. The number of hydrogen-bond acceptors (Lipinski definition) is 3. The van der Waals surface area contributed by atoms with Gasteiger partial charge in [0, 0.05) is 4.47 Å². The average Bonchev–Trinajstić information content (AvgIpc) is 2.43. The number of aliphatic hydroxyl groups is 1. The lowest BCUT2D eigenvalue weighted by molar-refractivity contribution is 0.281. The molecule has 8 heteroatoms. The standard InChI is InChI=1S/C13H10BrClFNO3S/c14-9-2-1-3-11(16)13(9)17-21(19,20)12-6-8(7-18)4-5-10(12)15/h1-6,17-18H,7H2. The van der Waals surface area contributed by atoms with Crippen molar-refractivity contribution in [2.24, 2.45) is 0 Å². The molecule has 0 unspecified atom stereocenters. The molecule has 0 radical (unpaired) electrons. The zero-order chi connectivity index (χ0) is 15.6. The first kappa shape index (κ1) is 16.2. The minimum Gasteiger partial charge on any atom is -0.392 e. The van der Waals surface area contributed by atoms with Crippen molar-refractivity contribution in [1.82, 2.24) is 0 Å². The molecule has 0 aliphatic carbocycles. The van der Waals surface area contributed by atoms with E-state index in [4.69, 9.17) is 16.7 Å². The van der Waals surface area contributed by atoms with Gasteiger partial charge in [-0.1, -0.05) is 23.7 Å². The number of hydrogen-bond donors (Lipinski definition) is 2. The van der Waals surface area contributed by atoms with Crippen LogP contribution in [0.15, 0.2) is 45.8 Å². The third kappa shape index (κ3) is 3.55. The molecule has 0 spiro atoms. The monoisotopic (exact) mass is 393 g/mol. The van der Waals surface area contributed by atoms with Crippen LogP contribution in [-0.2, 0) is 16.6 Å². The maximum atomic E-state index is 13.7. The van der Waals surface area contributed by atoms with Crippen LogP contribution in [0.1, 0.15) is 5.56 Å². The van der Waals surface area contributed by atoms with Crippen LogP contribution in [-0.4, -0.2) is 13.5 Å². The molecule has 112 valence electrons. The predicted octanol–water partition coefficient (Wildman–Crippen LogP) is 3.53. The van der Waals surface area contributed by atoms with Gasteiger partial charge in [-0.2, -0.15) is 0 Å². The summed E-state index contributed by atoms with van der Waals surface area (Å²) < 4.78 is 40.8. The van der Waals surface area contributed by atoms with Crippen LogP contribution in [0.5, 0.6) is 0 Å². The van der Waals surface area contributed by atoms with E-state index in [0.717, 1.165) is 6.07 Å². The van der Waals surface area contributed by atoms with Gasteiger partial charge in [-0.05, 0) is 45.8 Å². The second kappa shape index (κ2) is 6.31. The van der Waals surface area contributed by atoms with Gasteiger partial charge in [-0.25, -0.2) is 12.8 Å². The molecule has 0 bridgehead atoms. The highest BCUT2D eigenvalue weighted by Crippen LogP contribution is 2.30. The largest absolute Gasteiger partial charge is 0.392 e. The van der Waals surface area contributed by atoms with Crippen molar-refractivity contribution >= 4 is 43.2 Å². The molecule has 0 aromatic heterocycles. The zero-order valence-electron chi connectivity index (χ0n) is 10.5. The molecular weight excluding hydrogens is 385 g/mol. The zero-order valence-corrected chi connectivity index (χ0v) is 13.6. The number of sulfonamides is 1. The molecule has 2 aromatic carbocycles. The van der Waals surface area contributed by atoms with Crippen LogP contribution < -0.4 is 4.72 Å². The van der Waals surface area contributed by atoms with E-state index in [1.54, 1.807) is 0 Å². The lowest BCUT2D eigenvalue weighted by atomic mass is 10.2. The van der Waals surface area contributed by atoms with Crippen LogP contribution in [0.2, 0.25) is 5.02 Å². The Morgan fingerprint density at radius 3 is 2.62 bits per heavy atom. The second-order valence-electron chi connectivity index (χ2n) is 4.13. The van der Waals surface area contributed by atoms with Gasteiger partial charge in [0.05, 0.1) is 17.3 Å². The van der Waals surface area contributed by atoms with E-state index in [0.29, 0.717) is 5.56 Å². The fourth-order valence-electron chi connectivity index (χ4n) is 1.64. The Hall–Kier alpha value is -1.15. The van der Waals surface area contributed by atoms with E-state index in [1.165, 1.54) is 30.3 Å². The van der Waals surface area contributed by atoms with Crippen molar-refractivity contribution in [1.29, 1.82) is 0 Å². The highest BCUT2D eigenvalue weighted by atomic mass is 79.9. The number of para-hydroxylation sites is 1. The van der Waals surface area contributed by atoms with Crippen molar-refractivity contribution in [2.75, 3.05) is 4.72 Å². The third-order valence-electron chi connectivity index (χ3n) is 2.67. The fraction of sp³-hybridized carbons (Fsp3) is 0.0769. The first-order valence-corrected chi connectivity index (χ1v) is 8.36. The topological polar surface area (TPSA) is 66.4 Å². The second-order valence-corrected chi connectivity index (χ2v) is 7.04. The molecule has 0 amide bonds. The molecule has 0 fully saturated rings. The summed E-state index contributed by atoms with van der Waals surface area (Å²) in [6.07, 6.45) is 0. The normalized spacial score (nSPS) is 11.4. The molecule has 0 heterocycles. The predicted molar refractivity (Wildman–Crippen MR) is 82.3 cm³/mol. The number of rotatable bonds is 4. The molecule has 2 rings (SSSR count). The first-order valence-electron chi connectivity index (χ1n) is 5.71. The first-order chi connectivity index (χ1) is 9.85. The minimum atomic E-state index is -4.08. The smallest absolute Gasteiger partial charge is 0.263 e. The number of halogens is 3. The molecule has 2 aromatic rings. The lowest BCUT2D eigenvalue weighted by Crippen LogP contribution is -2.15. The van der Waals surface area contributed by atoms with Gasteiger partial charge in [-0.3, -0.25) is 4.72 Å². The van der Waals surface area contributed by atoms with E-state index in [2.05, 4.69) is 20.7 Å². The Morgan fingerprint density at radius 2 is 2.00 bits per heavy atom. The van der Waals surface area contributed by atoms with Crippen molar-refractivity contribution < 1.29 is 17.9 Å². The number of anilines is 1. The molecule has 2 N–H and O–H groups in total. The summed E-state index contributed by atoms with van der Waals surface area (Å²) in [6.45, 7) is -0.330. The highest BCUT2D eigenvalue weighted by Gasteiger charge is 2.21. The SMILES string of the molecule is O=S(=O)(Nc1c(F)cccc1Br)c1cc(CO)ccc1Cl. The van der Waals surface area contributed by atoms with E-state index >= 15 is 0 Å². The van der Waals surface area contributed by atoms with E-state index < -0.39 is 15.8 Å². The number of nitrogens with one attached hydrogen (secondary N) is 1. The van der Waals surface area contributed by atoms with Gasteiger partial charge in [-0.15, -0.1) is 0 Å². The van der Waals surface area contributed by atoms with Crippen LogP contribution in [0.4, 0.5) is 10.1 Å². The summed E-state index contributed by atoms with van der Waals surface area (Å²) in [5.41, 5.74) is 0.176. The lowest BCUT2D eigenvalue weighted by Gasteiger charge is -2.12. The molecule has 0 saturated heterocycles. The maximum absolute atomic E-state index is 13.7. The van der Waals surface area contributed by atoms with Crippen molar-refractivity contribution in [3.8, 4) is 0 Å². The summed E-state index contributed by atoms with van der Waals surface area (Å²) in [5.74, 6) is -0.720. The molecule has 0 saturated carbocycles. The molecule has 4 nitrogen and oxygen atoms in total. The quantitative estimate of drug-likeness (QED) is 0.833. The highest BCUT2D eigenvalue weighted by molar-refractivity contribution is 9.10. The average molecular weight is 395 g/mol. The van der Waals surface area contributed by atoms with Gasteiger partial charge in [0.25, 0.3) is 10.0 Å². The summed E-state index contributed by atoms with van der Waals surface area (Å²) in [6, 6.07) is 8.18. The molecular formula is C13H10BrClFNO3S. The minimum absolute atomic E-state index is 0.0211. The van der Waals surface area contributed by atoms with E-state index in [-0.39, 0.29) is 26.7 Å². The molecule has 0 atom stereocenters. The fourth-order valence-corrected chi connectivity index (χ4v) is 3.85. The summed E-state index contributed by atoms with van der Waals surface area (Å²) >= 11 is 8.96. The number of aliphatic hydroxyl groups excluding tert-OH is 1. The Labute approximate surface area is 134 Å². The summed E-state index contributed by atoms with van der Waals surface area (Å²) in [4.78, 5) is -0.231. The van der Waals surface area contributed by atoms with Crippen molar-refractivity contribution in [3.63, 3.8) is 0 Å². The van der Waals surface area contributed by atoms with Crippen LogP contribution >= 0.6 is 27.5 Å². The molecule has 0 aliphatic rings. The molecule has 0 aliphatic heterocycles. The van der Waals surface area contributed by atoms with Gasteiger partial charge in [0.2, 0.25) is 0 Å². The van der Waals surface area contributed by atoms with Gasteiger partial charge >= 0.3 is 0 Å². The van der Waals surface area contributed by atoms with Crippen LogP contribution in [0.3, 0.4) is 0 Å². The maximum Gasteiger partial charge on any atom is 0.263 e. The Morgan fingerprint density at radius 1 is 1.29 bits per heavy atom. The van der Waals surface area contributed by atoms with E-state index in [1.807, 2.05) is 0 Å².